The van der Waals surface area contributed by atoms with E-state index in [9.17, 15) is 30.3 Å². The van der Waals surface area contributed by atoms with Gasteiger partial charge in [0.2, 0.25) is 0 Å². The van der Waals surface area contributed by atoms with Gasteiger partial charge in [0.15, 0.2) is 23.0 Å². The van der Waals surface area contributed by atoms with Crippen LogP contribution < -0.4 is 29.0 Å². The minimum atomic E-state index is -10.7. The molecule has 0 radical (unpaired) electrons. The Morgan fingerprint density at radius 1 is 0.460 bits per heavy atom. The molecule has 0 bridgehead atoms. The number of rotatable bonds is 13. The predicted molar refractivity (Wildman–Crippen MR) is 374 cm³/mol. The normalized spacial score (nSPS) is 14.4. The Hall–Kier alpha value is -10.3. The van der Waals surface area contributed by atoms with Gasteiger partial charge in [-0.15, -0.1) is 5.10 Å². The second-order valence-corrected chi connectivity index (χ2v) is 24.8. The van der Waals surface area contributed by atoms with Gasteiger partial charge in [0.05, 0.1) is 82.5 Å². The van der Waals surface area contributed by atoms with Crippen molar-refractivity contribution >= 4 is 29.4 Å². The van der Waals surface area contributed by atoms with Gasteiger partial charge in [-0.3, -0.25) is 4.57 Å². The summed E-state index contributed by atoms with van der Waals surface area (Å²) in [6.45, 7) is 8.09. The van der Waals surface area contributed by atoms with Crippen molar-refractivity contribution in [2.75, 3.05) is 79.3 Å². The molecule has 1 aliphatic heterocycles. The van der Waals surface area contributed by atoms with Crippen molar-refractivity contribution < 1.29 is 78.2 Å². The molecule has 0 saturated heterocycles. The van der Waals surface area contributed by atoms with Crippen LogP contribution in [-0.4, -0.2) is 109 Å². The number of hydrogen-bond donors (Lipinski definition) is 2. The molecular weight excluding hydrogens is 1310 g/mol. The number of imidazole rings is 1. The number of nitrogens with two attached hydrogens (primary N) is 1. The largest absolute Gasteiger partial charge is 0.507 e. The van der Waals surface area contributed by atoms with Crippen LogP contribution >= 0.6 is 7.81 Å². The fraction of sp³-hybridized carbons (Fsp3) is 0.208. The summed E-state index contributed by atoms with van der Waals surface area (Å²) in [5, 5.41) is 27.1. The first-order chi connectivity index (χ1) is 48.5. The molecule has 2 aromatic heterocycles. The average Bonchev–Trinajstić information content (AvgIpc) is 1.62. The fourth-order valence-electron chi connectivity index (χ4n) is 11.0. The standard InChI is InChI=1S/C53H42N6O2.C24H32O8.F6P/c60-50-22-12-11-21-48(50)53-55-51(39-13-3-1-4-14-39)52(40-15-5-2-6-16-40)59(53)44-27-23-37(24-28-44)32-54-33-38-25-29-45(30-26-38)61-36-43-34-58(57-56-43)35-49-46-19-9-7-17-41(46)31-42-18-8-10-20-47(42)49;1-2-6-22-21(5-1)29-17-13-25-9-10-27-15-19-31-23-7-3-4-8-24(23)32-20-16-28-12-11-26-14-18-30-22;1-7(2,3,4,5)6/h1-31,34,54,60H,32-33,35-36H2;1-8H,9-20H2;/q;;-1/p+1. The van der Waals surface area contributed by atoms with Crippen LogP contribution in [0.4, 0.5) is 25.2 Å². The smallest absolute Gasteiger partial charge is 0.161 e. The molecule has 0 fully saturated rings. The Kier molecular flexibility index (Phi) is 23.8. The maximum Gasteiger partial charge on any atom is 0.161 e. The molecule has 0 spiro atoms. The van der Waals surface area contributed by atoms with E-state index >= 15 is 0 Å². The Bertz CT molecular complexity index is 4370. The Balaban J connectivity index is 0.000000216. The molecule has 16 nitrogen and oxygen atoms in total. The van der Waals surface area contributed by atoms with Gasteiger partial charge < -0.3 is 53.1 Å². The van der Waals surface area contributed by atoms with Crippen LogP contribution in [0, 0.1) is 0 Å². The van der Waals surface area contributed by atoms with Crippen LogP contribution in [0.25, 0.3) is 61.1 Å². The molecule has 100 heavy (non-hydrogen) atoms. The number of fused-ring (bicyclic) bond motifs is 4. The summed E-state index contributed by atoms with van der Waals surface area (Å²) in [4.78, 5) is 5.22. The van der Waals surface area contributed by atoms with E-state index in [1.165, 1.54) is 38.2 Å². The first-order valence-electron chi connectivity index (χ1n) is 32.5. The van der Waals surface area contributed by atoms with Crippen molar-refractivity contribution in [1.82, 2.24) is 24.5 Å². The Morgan fingerprint density at radius 3 is 1.37 bits per heavy atom. The number of halogens is 6. The number of benzene rings is 10. The van der Waals surface area contributed by atoms with Crippen LogP contribution in [0.1, 0.15) is 22.4 Å². The van der Waals surface area contributed by atoms with Gasteiger partial charge in [0.25, 0.3) is 0 Å². The number of aromatic nitrogens is 5. The summed E-state index contributed by atoms with van der Waals surface area (Å²) in [6.07, 6.45) is 1.97. The quantitative estimate of drug-likeness (QED) is 0.0636. The Morgan fingerprint density at radius 2 is 0.880 bits per heavy atom. The zero-order valence-electron chi connectivity index (χ0n) is 54.6. The summed E-state index contributed by atoms with van der Waals surface area (Å²) in [7, 11) is -10.7. The van der Waals surface area contributed by atoms with Crippen molar-refractivity contribution in [3.8, 4) is 74.1 Å². The van der Waals surface area contributed by atoms with Crippen LogP contribution in [0.5, 0.6) is 34.5 Å². The molecule has 23 heteroatoms. The zero-order valence-corrected chi connectivity index (χ0v) is 55.5. The van der Waals surface area contributed by atoms with Crippen LogP contribution in [0.15, 0.2) is 243 Å². The van der Waals surface area contributed by atoms with E-state index in [-0.39, 0.29) is 5.75 Å². The van der Waals surface area contributed by atoms with Crippen molar-refractivity contribution in [1.29, 1.82) is 0 Å². The summed E-state index contributed by atoms with van der Waals surface area (Å²) in [5.41, 5.74) is 9.94. The fourth-order valence-corrected chi connectivity index (χ4v) is 11.0. The molecule has 0 atom stereocenters. The predicted octanol–water partition coefficient (Wildman–Crippen LogP) is 16.7. The van der Waals surface area contributed by atoms with Crippen LogP contribution in [0.3, 0.4) is 0 Å². The maximum absolute atomic E-state index is 11.0. The molecule has 1 aliphatic rings. The zero-order chi connectivity index (χ0) is 69.5. The van der Waals surface area contributed by atoms with E-state index in [2.05, 4.69) is 135 Å². The number of para-hydroxylation sites is 5. The van der Waals surface area contributed by atoms with Gasteiger partial charge in [-0.2, -0.15) is 0 Å². The van der Waals surface area contributed by atoms with Gasteiger partial charge in [-0.1, -0.05) is 163 Å². The molecule has 10 aromatic carbocycles. The molecule has 0 saturated carbocycles. The molecular formula is C77H75F6N6O10P. The van der Waals surface area contributed by atoms with Gasteiger partial charge in [0, 0.05) is 27.9 Å². The molecule has 0 unspecified atom stereocenters. The third-order valence-corrected chi connectivity index (χ3v) is 15.6. The van der Waals surface area contributed by atoms with E-state index in [1.54, 1.807) is 6.07 Å². The molecule has 0 aliphatic carbocycles. The number of ether oxygens (including phenoxy) is 9. The summed E-state index contributed by atoms with van der Waals surface area (Å²) in [6, 6.07) is 79.3. The average molecular weight is 1390 g/mol. The number of phenolic OH excluding ortho intramolecular Hbond substituents is 1. The van der Waals surface area contributed by atoms with Crippen LogP contribution in [-0.2, 0) is 45.2 Å². The van der Waals surface area contributed by atoms with E-state index < -0.39 is 7.81 Å². The Labute approximate surface area is 574 Å². The van der Waals surface area contributed by atoms with E-state index in [4.69, 9.17) is 47.6 Å². The second-order valence-electron chi connectivity index (χ2n) is 22.9. The number of hydrogen-bond acceptors (Lipinski definition) is 13. The van der Waals surface area contributed by atoms with Gasteiger partial charge in [-0.25, -0.2) is 9.67 Å². The first kappa shape index (κ1) is 71.0. The van der Waals surface area contributed by atoms with Gasteiger partial charge in [-0.05, 0) is 106 Å². The third-order valence-electron chi connectivity index (χ3n) is 15.6. The van der Waals surface area contributed by atoms with E-state index in [1.807, 2.05) is 126 Å². The van der Waals surface area contributed by atoms with Crippen molar-refractivity contribution in [2.24, 2.45) is 0 Å². The summed E-state index contributed by atoms with van der Waals surface area (Å²) < 4.78 is 115. The molecule has 3 N–H and O–H groups in total. The van der Waals surface area contributed by atoms with Gasteiger partial charge >= 0.3 is 33.0 Å². The van der Waals surface area contributed by atoms with Crippen molar-refractivity contribution in [2.45, 2.75) is 26.2 Å². The van der Waals surface area contributed by atoms with Crippen LogP contribution in [0.2, 0.25) is 0 Å². The monoisotopic (exact) mass is 1390 g/mol. The maximum atomic E-state index is 11.0. The molecule has 13 rings (SSSR count). The SMILES string of the molecule is F[P-](F)(F)(F)(F)F.Oc1ccccc1-c1nc(-c2ccccc2)c(-c2ccccc2)n1-c1ccc(C[NH2+]Cc2ccc(OCc3cn(Cc4c5ccccc5cc5ccccc45)nn3)cc2)cc1.c1ccc2c(c1)OCCOCCOCCOc1ccccc1OCCOCCOCCO2. The second kappa shape index (κ2) is 33.5. The van der Waals surface area contributed by atoms with E-state index in [0.717, 1.165) is 52.7 Å². The number of phenols is 1. The number of aromatic hydroxyl groups is 1. The topological polar surface area (TPSA) is 168 Å². The molecule has 520 valence electrons. The summed E-state index contributed by atoms with van der Waals surface area (Å²) >= 11 is 0. The van der Waals surface area contributed by atoms with Crippen molar-refractivity contribution in [3.05, 3.63) is 265 Å². The number of nitrogens with zero attached hydrogens (tertiary/aromatic N) is 5. The number of quaternary nitrogens is 1. The molecule has 0 amide bonds. The molecule has 12 aromatic rings. The van der Waals surface area contributed by atoms with E-state index in [0.29, 0.717) is 127 Å². The minimum absolute atomic E-state index is 0.185. The first-order valence-corrected chi connectivity index (χ1v) is 34.6. The molecule has 3 heterocycles. The minimum Gasteiger partial charge on any atom is -0.507 e. The third kappa shape index (κ3) is 21.6. The van der Waals surface area contributed by atoms with Gasteiger partial charge in [0.1, 0.15) is 69.1 Å². The summed E-state index contributed by atoms with van der Waals surface area (Å²) in [5.74, 6) is 4.39. The van der Waals surface area contributed by atoms with Crippen molar-refractivity contribution in [3.63, 3.8) is 0 Å².